The van der Waals surface area contributed by atoms with Crippen LogP contribution in [0.4, 0.5) is 0 Å². The molecule has 2 aromatic rings. The Morgan fingerprint density at radius 1 is 1.17 bits per heavy atom. The van der Waals surface area contributed by atoms with Crippen molar-refractivity contribution in [2.75, 3.05) is 0 Å². The number of carboxylic acids is 1. The third-order valence-corrected chi connectivity index (χ3v) is 4.55. The molecule has 1 aliphatic carbocycles. The summed E-state index contributed by atoms with van der Waals surface area (Å²) < 4.78 is 5.12. The fourth-order valence-corrected chi connectivity index (χ4v) is 3.07. The number of carboxylic acid groups (broad SMARTS) is 1. The van der Waals surface area contributed by atoms with Gasteiger partial charge in [0.25, 0.3) is 5.91 Å². The first-order chi connectivity index (χ1) is 11.5. The van der Waals surface area contributed by atoms with Gasteiger partial charge in [0.2, 0.25) is 5.76 Å². The van der Waals surface area contributed by atoms with Crippen LogP contribution in [0.15, 0.2) is 34.9 Å². The average Bonchev–Trinajstić information content (AvgIpc) is 3.06. The van der Waals surface area contributed by atoms with Gasteiger partial charge in [-0.1, -0.05) is 54.2 Å². The van der Waals surface area contributed by atoms with Crippen molar-refractivity contribution in [1.29, 1.82) is 0 Å². The fourth-order valence-electron chi connectivity index (χ4n) is 3.07. The summed E-state index contributed by atoms with van der Waals surface area (Å²) in [5.41, 5.74) is 1.31. The molecule has 0 atom stereocenters. The van der Waals surface area contributed by atoms with Gasteiger partial charge in [0, 0.05) is 11.6 Å². The van der Waals surface area contributed by atoms with Crippen LogP contribution in [-0.2, 0) is 4.79 Å². The topological polar surface area (TPSA) is 92.4 Å². The van der Waals surface area contributed by atoms with E-state index in [0.29, 0.717) is 18.5 Å². The zero-order chi connectivity index (χ0) is 17.2. The number of aliphatic carboxylic acids is 1. The van der Waals surface area contributed by atoms with Crippen LogP contribution in [0.2, 0.25) is 0 Å². The number of rotatable bonds is 4. The minimum atomic E-state index is -1.20. The maximum Gasteiger partial charge on any atom is 0.329 e. The monoisotopic (exact) mass is 328 g/mol. The summed E-state index contributed by atoms with van der Waals surface area (Å²) in [4.78, 5) is 24.1. The van der Waals surface area contributed by atoms with E-state index in [0.717, 1.165) is 30.4 Å². The van der Waals surface area contributed by atoms with Crippen LogP contribution in [0, 0.1) is 6.92 Å². The largest absolute Gasteiger partial charge is 0.480 e. The molecule has 1 saturated carbocycles. The van der Waals surface area contributed by atoms with Gasteiger partial charge in [0.05, 0.1) is 0 Å². The van der Waals surface area contributed by atoms with Crippen LogP contribution in [-0.4, -0.2) is 27.7 Å². The Bertz CT molecular complexity index is 743. The van der Waals surface area contributed by atoms with E-state index in [1.165, 1.54) is 0 Å². The van der Waals surface area contributed by atoms with Crippen molar-refractivity contribution in [3.05, 3.63) is 41.7 Å². The van der Waals surface area contributed by atoms with E-state index in [1.54, 1.807) is 6.07 Å². The Morgan fingerprint density at radius 2 is 1.83 bits per heavy atom. The zero-order valence-corrected chi connectivity index (χ0v) is 13.5. The molecule has 0 bridgehead atoms. The standard InChI is InChI=1S/C18H20N2O4/c1-12-5-7-13(8-6-12)14-11-15(24-20-14)16(21)19-18(17(22)23)9-3-2-4-10-18/h5-8,11H,2-4,9-10H2,1H3,(H,19,21)(H,22,23). The predicted octanol–water partition coefficient (Wildman–Crippen LogP) is 3.17. The van der Waals surface area contributed by atoms with E-state index in [9.17, 15) is 14.7 Å². The van der Waals surface area contributed by atoms with Gasteiger partial charge in [-0.15, -0.1) is 0 Å². The Hall–Kier alpha value is -2.63. The number of hydrogen-bond donors (Lipinski definition) is 2. The van der Waals surface area contributed by atoms with Crippen molar-refractivity contribution < 1.29 is 19.2 Å². The van der Waals surface area contributed by atoms with Crippen LogP contribution < -0.4 is 5.32 Å². The van der Waals surface area contributed by atoms with Crippen molar-refractivity contribution in [1.82, 2.24) is 10.5 Å². The molecule has 0 aliphatic heterocycles. The molecular formula is C18H20N2O4. The number of aromatic nitrogens is 1. The van der Waals surface area contributed by atoms with Gasteiger partial charge >= 0.3 is 5.97 Å². The first kappa shape index (κ1) is 16.2. The van der Waals surface area contributed by atoms with E-state index in [2.05, 4.69) is 10.5 Å². The Morgan fingerprint density at radius 3 is 2.46 bits per heavy atom. The highest BCUT2D eigenvalue weighted by atomic mass is 16.5. The van der Waals surface area contributed by atoms with E-state index >= 15 is 0 Å². The Kier molecular flexibility index (Phi) is 4.38. The van der Waals surface area contributed by atoms with Crippen LogP contribution in [0.25, 0.3) is 11.3 Å². The molecule has 0 radical (unpaired) electrons. The van der Waals surface area contributed by atoms with Gasteiger partial charge < -0.3 is 14.9 Å². The van der Waals surface area contributed by atoms with Gasteiger partial charge in [0.15, 0.2) is 0 Å². The number of benzene rings is 1. The predicted molar refractivity (Wildman–Crippen MR) is 87.6 cm³/mol. The van der Waals surface area contributed by atoms with Crippen LogP contribution in [0.3, 0.4) is 0 Å². The molecule has 6 nitrogen and oxygen atoms in total. The summed E-state index contributed by atoms with van der Waals surface area (Å²) in [5.74, 6) is -1.50. The normalized spacial score (nSPS) is 16.5. The minimum absolute atomic E-state index is 0.0248. The van der Waals surface area contributed by atoms with Crippen molar-refractivity contribution in [3.63, 3.8) is 0 Å². The van der Waals surface area contributed by atoms with Crippen molar-refractivity contribution >= 4 is 11.9 Å². The molecule has 0 saturated heterocycles. The SMILES string of the molecule is Cc1ccc(-c2cc(C(=O)NC3(C(=O)O)CCCCC3)on2)cc1. The third-order valence-electron chi connectivity index (χ3n) is 4.55. The van der Waals surface area contributed by atoms with Gasteiger partial charge in [-0.05, 0) is 19.8 Å². The third kappa shape index (κ3) is 3.18. The number of carbonyl (C=O) groups is 2. The zero-order valence-electron chi connectivity index (χ0n) is 13.5. The molecular weight excluding hydrogens is 308 g/mol. The highest BCUT2D eigenvalue weighted by Crippen LogP contribution is 2.29. The van der Waals surface area contributed by atoms with Crippen molar-refractivity contribution in [2.24, 2.45) is 0 Å². The minimum Gasteiger partial charge on any atom is -0.480 e. The lowest BCUT2D eigenvalue weighted by Gasteiger charge is -2.33. The molecule has 3 rings (SSSR count). The quantitative estimate of drug-likeness (QED) is 0.899. The van der Waals surface area contributed by atoms with Crippen molar-refractivity contribution in [3.8, 4) is 11.3 Å². The van der Waals surface area contributed by atoms with E-state index in [-0.39, 0.29) is 5.76 Å². The lowest BCUT2D eigenvalue weighted by atomic mass is 9.81. The maximum absolute atomic E-state index is 12.4. The second-order valence-corrected chi connectivity index (χ2v) is 6.34. The molecule has 0 unspecified atom stereocenters. The summed E-state index contributed by atoms with van der Waals surface area (Å²) in [6, 6.07) is 9.23. The van der Waals surface area contributed by atoms with E-state index < -0.39 is 17.4 Å². The first-order valence-electron chi connectivity index (χ1n) is 8.10. The fraction of sp³-hybridized carbons (Fsp3) is 0.389. The lowest BCUT2D eigenvalue weighted by Crippen LogP contribution is -2.55. The van der Waals surface area contributed by atoms with Crippen LogP contribution in [0.1, 0.15) is 48.2 Å². The summed E-state index contributed by atoms with van der Waals surface area (Å²) in [6.45, 7) is 1.99. The summed E-state index contributed by atoms with van der Waals surface area (Å²) >= 11 is 0. The molecule has 1 aliphatic rings. The number of amides is 1. The second kappa shape index (κ2) is 6.47. The average molecular weight is 328 g/mol. The summed E-state index contributed by atoms with van der Waals surface area (Å²) in [6.07, 6.45) is 3.44. The van der Waals surface area contributed by atoms with E-state index in [4.69, 9.17) is 4.52 Å². The molecule has 1 aromatic heterocycles. The molecule has 2 N–H and O–H groups in total. The molecule has 24 heavy (non-hydrogen) atoms. The molecule has 6 heteroatoms. The van der Waals surface area contributed by atoms with Gasteiger partial charge in [-0.3, -0.25) is 4.79 Å². The lowest BCUT2D eigenvalue weighted by molar-refractivity contribution is -0.145. The number of nitrogens with one attached hydrogen (secondary N) is 1. The number of nitrogens with zero attached hydrogens (tertiary/aromatic N) is 1. The number of hydrogen-bond acceptors (Lipinski definition) is 4. The van der Waals surface area contributed by atoms with Gasteiger partial charge in [0.1, 0.15) is 11.2 Å². The molecule has 1 heterocycles. The molecule has 1 aromatic carbocycles. The van der Waals surface area contributed by atoms with Gasteiger partial charge in [-0.25, -0.2) is 4.79 Å². The Balaban J connectivity index is 1.78. The molecule has 126 valence electrons. The molecule has 1 amide bonds. The number of carbonyl (C=O) groups excluding carboxylic acids is 1. The molecule has 1 fully saturated rings. The number of aryl methyl sites for hydroxylation is 1. The molecule has 0 spiro atoms. The van der Waals surface area contributed by atoms with Crippen LogP contribution >= 0.6 is 0 Å². The summed E-state index contributed by atoms with van der Waals surface area (Å²) in [7, 11) is 0. The smallest absolute Gasteiger partial charge is 0.329 e. The highest BCUT2D eigenvalue weighted by Gasteiger charge is 2.41. The highest BCUT2D eigenvalue weighted by molar-refractivity contribution is 5.96. The maximum atomic E-state index is 12.4. The second-order valence-electron chi connectivity index (χ2n) is 6.34. The first-order valence-corrected chi connectivity index (χ1v) is 8.10. The summed E-state index contributed by atoms with van der Waals surface area (Å²) in [5, 5.41) is 16.1. The van der Waals surface area contributed by atoms with E-state index in [1.807, 2.05) is 31.2 Å². The Labute approximate surface area is 139 Å². The van der Waals surface area contributed by atoms with Gasteiger partial charge in [-0.2, -0.15) is 0 Å². The van der Waals surface area contributed by atoms with Crippen molar-refractivity contribution in [2.45, 2.75) is 44.6 Å². The van der Waals surface area contributed by atoms with Crippen LogP contribution in [0.5, 0.6) is 0 Å².